The van der Waals surface area contributed by atoms with Crippen molar-refractivity contribution < 1.29 is 9.90 Å². The number of likely N-dealkylation sites (N-methyl/N-ethyl adjacent to an activating group) is 1. The highest BCUT2D eigenvalue weighted by Gasteiger charge is 2.34. The monoisotopic (exact) mass is 490 g/mol. The van der Waals surface area contributed by atoms with E-state index in [0.717, 1.165) is 52.7 Å². The van der Waals surface area contributed by atoms with Gasteiger partial charge in [-0.15, -0.1) is 0 Å². The zero-order chi connectivity index (χ0) is 25.3. The summed E-state index contributed by atoms with van der Waals surface area (Å²) in [5, 5.41) is 11.7. The fraction of sp³-hybridized carbons (Fsp3) is 0.367. The van der Waals surface area contributed by atoms with Crippen LogP contribution in [0, 0.1) is 19.8 Å². The van der Waals surface area contributed by atoms with E-state index in [1.165, 1.54) is 11.2 Å². The average Bonchev–Trinajstić information content (AvgIpc) is 3.09. The molecule has 5 heteroatoms. The lowest BCUT2D eigenvalue weighted by Gasteiger charge is -2.41. The highest BCUT2D eigenvalue weighted by Crippen LogP contribution is 2.45. The molecule has 0 fully saturated rings. The molecule has 2 aliphatic rings. The van der Waals surface area contributed by atoms with Crippen molar-refractivity contribution in [1.29, 1.82) is 0 Å². The van der Waals surface area contributed by atoms with Gasteiger partial charge in [0.05, 0.1) is 23.7 Å². The van der Waals surface area contributed by atoms with E-state index in [0.29, 0.717) is 11.0 Å². The van der Waals surface area contributed by atoms with Crippen molar-refractivity contribution in [3.8, 4) is 0 Å². The van der Waals surface area contributed by atoms with Crippen molar-refractivity contribution in [3.05, 3.63) is 82.1 Å². The molecule has 2 heterocycles. The van der Waals surface area contributed by atoms with Crippen molar-refractivity contribution in [2.24, 2.45) is 5.92 Å². The normalized spacial score (nSPS) is 23.2. The Morgan fingerprint density at radius 2 is 1.94 bits per heavy atom. The second-order valence-corrected chi connectivity index (χ2v) is 10.2. The van der Waals surface area contributed by atoms with Gasteiger partial charge in [0.25, 0.3) is 0 Å². The maximum Gasteiger partial charge on any atom is 0.307 e. The number of carboxylic acid groups (broad SMARTS) is 1. The molecule has 184 valence electrons. The van der Waals surface area contributed by atoms with Crippen LogP contribution < -0.4 is 4.90 Å². The summed E-state index contributed by atoms with van der Waals surface area (Å²) in [6.07, 6.45) is 18.7. The van der Waals surface area contributed by atoms with E-state index in [4.69, 9.17) is 11.6 Å². The van der Waals surface area contributed by atoms with Gasteiger partial charge in [0.1, 0.15) is 0 Å². The van der Waals surface area contributed by atoms with E-state index in [1.54, 1.807) is 0 Å². The van der Waals surface area contributed by atoms with E-state index in [1.807, 2.05) is 19.1 Å². The van der Waals surface area contributed by atoms with E-state index in [9.17, 15) is 9.90 Å². The molecule has 0 spiro atoms. The van der Waals surface area contributed by atoms with Crippen molar-refractivity contribution in [1.82, 2.24) is 4.57 Å². The van der Waals surface area contributed by atoms with Gasteiger partial charge < -0.3 is 14.6 Å². The predicted molar refractivity (Wildman–Crippen MR) is 148 cm³/mol. The zero-order valence-electron chi connectivity index (χ0n) is 21.3. The third kappa shape index (κ3) is 4.77. The fourth-order valence-corrected chi connectivity index (χ4v) is 5.77. The van der Waals surface area contributed by atoms with Crippen LogP contribution in [0.5, 0.6) is 0 Å². The molecule has 2 unspecified atom stereocenters. The average molecular weight is 491 g/mol. The molecule has 2 atom stereocenters. The minimum atomic E-state index is -0.813. The summed E-state index contributed by atoms with van der Waals surface area (Å²) in [5.74, 6) is -0.456. The Balaban J connectivity index is 1.99. The molecule has 1 aliphatic heterocycles. The quantitative estimate of drug-likeness (QED) is 0.431. The van der Waals surface area contributed by atoms with Gasteiger partial charge in [0.2, 0.25) is 0 Å². The first-order chi connectivity index (χ1) is 16.7. The van der Waals surface area contributed by atoms with Crippen LogP contribution >= 0.6 is 11.6 Å². The Morgan fingerprint density at radius 1 is 1.20 bits per heavy atom. The highest BCUT2D eigenvalue weighted by molar-refractivity contribution is 6.29. The van der Waals surface area contributed by atoms with Crippen molar-refractivity contribution >= 4 is 39.7 Å². The molecule has 1 aromatic carbocycles. The molecule has 4 nitrogen and oxygen atoms in total. The summed E-state index contributed by atoms with van der Waals surface area (Å²) in [5.41, 5.74) is 7.67. The Morgan fingerprint density at radius 3 is 2.63 bits per heavy atom. The number of hydrogen-bond donors (Lipinski definition) is 1. The molecule has 0 amide bonds. The summed E-state index contributed by atoms with van der Waals surface area (Å²) in [6.45, 7) is 9.12. The van der Waals surface area contributed by atoms with Gasteiger partial charge in [-0.25, -0.2) is 0 Å². The van der Waals surface area contributed by atoms with Gasteiger partial charge >= 0.3 is 5.97 Å². The largest absolute Gasteiger partial charge is 0.481 e. The number of allylic oxidation sites excluding steroid dienone is 9. The molecular weight excluding hydrogens is 456 g/mol. The summed E-state index contributed by atoms with van der Waals surface area (Å²) < 4.78 is 2.44. The number of rotatable bonds is 6. The van der Waals surface area contributed by atoms with Crippen LogP contribution in [0.15, 0.2) is 59.7 Å². The van der Waals surface area contributed by atoms with Crippen molar-refractivity contribution in [2.45, 2.75) is 59.5 Å². The van der Waals surface area contributed by atoms with Gasteiger partial charge in [-0.2, -0.15) is 0 Å². The van der Waals surface area contributed by atoms with Gasteiger partial charge in [0, 0.05) is 35.6 Å². The number of carbonyl (C=O) groups is 1. The fourth-order valence-electron chi connectivity index (χ4n) is 5.70. The Hall–Kier alpha value is -2.98. The number of aliphatic carboxylic acids is 1. The number of anilines is 1. The molecule has 0 bridgehead atoms. The van der Waals surface area contributed by atoms with Gasteiger partial charge in [0.15, 0.2) is 0 Å². The summed E-state index contributed by atoms with van der Waals surface area (Å²) in [7, 11) is 2.17. The number of halogens is 1. The lowest BCUT2D eigenvalue weighted by atomic mass is 9.85. The lowest BCUT2D eigenvalue weighted by Crippen LogP contribution is -2.44. The van der Waals surface area contributed by atoms with Crippen molar-refractivity contribution in [3.63, 3.8) is 0 Å². The van der Waals surface area contributed by atoms with Crippen LogP contribution in [-0.4, -0.2) is 28.7 Å². The molecule has 35 heavy (non-hydrogen) atoms. The van der Waals surface area contributed by atoms with E-state index >= 15 is 0 Å². The third-order valence-electron chi connectivity index (χ3n) is 7.40. The molecule has 2 aromatic rings. The first-order valence-electron chi connectivity index (χ1n) is 12.4. The second kappa shape index (κ2) is 10.3. The summed E-state index contributed by atoms with van der Waals surface area (Å²) in [4.78, 5) is 14.4. The molecule has 1 aliphatic carbocycles. The molecule has 4 rings (SSSR count). The first kappa shape index (κ1) is 25.1. The number of aryl methyl sites for hydroxylation is 1. The number of hydrogen-bond acceptors (Lipinski definition) is 2. The maximum atomic E-state index is 12.0. The van der Waals surface area contributed by atoms with E-state index in [2.05, 4.69) is 79.8 Å². The lowest BCUT2D eigenvalue weighted by molar-refractivity contribution is -0.136. The number of benzene rings is 1. The van der Waals surface area contributed by atoms with Crippen LogP contribution in [0.25, 0.3) is 16.5 Å². The minimum absolute atomic E-state index is 0.00931. The topological polar surface area (TPSA) is 45.5 Å². The van der Waals surface area contributed by atoms with Crippen molar-refractivity contribution in [2.75, 3.05) is 11.9 Å². The Bertz CT molecular complexity index is 1300. The smallest absolute Gasteiger partial charge is 0.307 e. The third-order valence-corrected chi connectivity index (χ3v) is 7.53. The molecule has 0 radical (unpaired) electrons. The van der Waals surface area contributed by atoms with Crippen LogP contribution in [0.2, 0.25) is 0 Å². The maximum absolute atomic E-state index is 12.0. The minimum Gasteiger partial charge on any atom is -0.481 e. The molecular formula is C30H35ClN2O2. The van der Waals surface area contributed by atoms with E-state index < -0.39 is 5.97 Å². The molecule has 1 aromatic heterocycles. The zero-order valence-corrected chi connectivity index (χ0v) is 22.1. The number of nitrogens with zero attached hydrogens (tertiary/aromatic N) is 2. The Kier molecular flexibility index (Phi) is 7.42. The standard InChI is InChI=1S/C30H35ClN2O2/c1-6-22(15-14-19(2)31)28-24(17-27(34)35)21(4)29-30-25(28)16-20(3)33(30)18-26(32(29)5)23-12-10-8-7-9-11-13-23/h7-12,14-16,23,26H,6,13,17-18H2,1-5H3,(H,34,35)/b8-7-,11-9-,12-10+,19-14+,22-15+. The first-order valence-corrected chi connectivity index (χ1v) is 12.8. The number of carboxylic acids is 1. The summed E-state index contributed by atoms with van der Waals surface area (Å²) >= 11 is 6.15. The molecule has 0 saturated carbocycles. The molecule has 0 saturated heterocycles. The molecule has 1 N–H and O–H groups in total. The van der Waals surface area contributed by atoms with Gasteiger partial charge in [-0.1, -0.05) is 61.1 Å². The van der Waals surface area contributed by atoms with E-state index in [-0.39, 0.29) is 12.5 Å². The van der Waals surface area contributed by atoms with Crippen LogP contribution in [0.1, 0.15) is 49.1 Å². The van der Waals surface area contributed by atoms with Gasteiger partial charge in [-0.05, 0) is 68.0 Å². The second-order valence-electron chi connectivity index (χ2n) is 9.63. The number of aromatic nitrogens is 1. The Labute approximate surface area is 213 Å². The van der Waals surface area contributed by atoms with Crippen LogP contribution in [0.4, 0.5) is 5.69 Å². The van der Waals surface area contributed by atoms with Crippen LogP contribution in [0.3, 0.4) is 0 Å². The van der Waals surface area contributed by atoms with Gasteiger partial charge in [-0.3, -0.25) is 4.79 Å². The van der Waals surface area contributed by atoms with Crippen LogP contribution in [-0.2, 0) is 17.8 Å². The summed E-state index contributed by atoms with van der Waals surface area (Å²) in [6, 6.07) is 2.52. The SMILES string of the molecule is CC/C(=C\C=C(/C)Cl)c1c(CC(=O)O)c(C)c2c3c1cc(C)n3CC(C1/C=C/C=C\C=C/C1)N2C. The predicted octanol–water partition coefficient (Wildman–Crippen LogP) is 7.33. The highest BCUT2D eigenvalue weighted by atomic mass is 35.5.